The third-order valence-corrected chi connectivity index (χ3v) is 10.5. The van der Waals surface area contributed by atoms with Gasteiger partial charge >= 0.3 is 13.6 Å². The van der Waals surface area contributed by atoms with Gasteiger partial charge in [-0.05, 0) is 88.6 Å². The predicted molar refractivity (Wildman–Crippen MR) is 202 cm³/mol. The number of halogens is 2. The van der Waals surface area contributed by atoms with E-state index in [-0.39, 0.29) is 49.8 Å². The minimum Gasteiger partial charge on any atom is -0.493 e. The minimum absolute atomic E-state index is 0.130. The molecule has 1 heterocycles. The highest BCUT2D eigenvalue weighted by molar-refractivity contribution is 7.53. The van der Waals surface area contributed by atoms with Gasteiger partial charge in [0.05, 0.1) is 32.4 Å². The van der Waals surface area contributed by atoms with Crippen LogP contribution in [0.25, 0.3) is 10.9 Å². The van der Waals surface area contributed by atoms with Gasteiger partial charge in [0.1, 0.15) is 23.3 Å². The van der Waals surface area contributed by atoms with Crippen LogP contribution in [0.5, 0.6) is 23.0 Å². The zero-order chi connectivity index (χ0) is 39.6. The maximum atomic E-state index is 15.4. The number of pyridine rings is 1. The summed E-state index contributed by atoms with van der Waals surface area (Å²) in [5, 5.41) is 8.47. The molecule has 1 aliphatic rings. The van der Waals surface area contributed by atoms with E-state index in [1.807, 2.05) is 0 Å². The van der Waals surface area contributed by atoms with Crippen LogP contribution in [0.1, 0.15) is 40.0 Å². The summed E-state index contributed by atoms with van der Waals surface area (Å²) in [5.74, 6) is -1.49. The number of nitrogens with one attached hydrogen (secondary N) is 3. The van der Waals surface area contributed by atoms with E-state index in [1.54, 1.807) is 39.0 Å². The van der Waals surface area contributed by atoms with Crippen LogP contribution >= 0.6 is 7.60 Å². The lowest BCUT2D eigenvalue weighted by Gasteiger charge is -2.27. The molecule has 17 heteroatoms. The molecule has 1 saturated carbocycles. The molecule has 1 aliphatic carbocycles. The Balaban J connectivity index is 1.23. The van der Waals surface area contributed by atoms with Crippen LogP contribution in [0.15, 0.2) is 66.9 Å². The van der Waals surface area contributed by atoms with Crippen molar-refractivity contribution in [3.05, 3.63) is 78.5 Å². The Kier molecular flexibility index (Phi) is 13.6. The molecule has 14 nitrogen and oxygen atoms in total. The number of fused-ring (bicyclic) bond motifs is 1. The van der Waals surface area contributed by atoms with E-state index in [9.17, 15) is 23.3 Å². The van der Waals surface area contributed by atoms with Gasteiger partial charge in [0.15, 0.2) is 23.1 Å². The minimum atomic E-state index is -3.54. The number of rotatable bonds is 19. The van der Waals surface area contributed by atoms with E-state index >= 15 is 4.39 Å². The first-order valence-electron chi connectivity index (χ1n) is 17.8. The maximum Gasteiger partial charge on any atom is 0.349 e. The van der Waals surface area contributed by atoms with Crippen LogP contribution < -0.4 is 30.2 Å². The third kappa shape index (κ3) is 10.3. The molecule has 1 aromatic heterocycles. The van der Waals surface area contributed by atoms with Crippen molar-refractivity contribution in [2.75, 3.05) is 56.9 Å². The number of hydrogen-bond acceptors (Lipinski definition) is 10. The molecule has 1 fully saturated rings. The third-order valence-electron chi connectivity index (χ3n) is 8.56. The van der Waals surface area contributed by atoms with Crippen molar-refractivity contribution in [3.63, 3.8) is 0 Å². The van der Waals surface area contributed by atoms with Crippen molar-refractivity contribution in [3.8, 4) is 23.0 Å². The van der Waals surface area contributed by atoms with Crippen LogP contribution in [0.4, 0.5) is 25.0 Å². The zero-order valence-electron chi connectivity index (χ0n) is 31.0. The second-order valence-corrected chi connectivity index (χ2v) is 14.5. The molecule has 0 spiro atoms. The summed E-state index contributed by atoms with van der Waals surface area (Å²) in [7, 11) is -2.07. The van der Waals surface area contributed by atoms with Gasteiger partial charge < -0.3 is 44.1 Å². The Labute approximate surface area is 317 Å². The molecule has 5 rings (SSSR count). The predicted octanol–water partition coefficient (Wildman–Crippen LogP) is 7.70. The van der Waals surface area contributed by atoms with Gasteiger partial charge in [-0.25, -0.2) is 13.6 Å². The highest BCUT2D eigenvalue weighted by Gasteiger charge is 2.56. The van der Waals surface area contributed by atoms with E-state index in [2.05, 4.69) is 20.9 Å². The van der Waals surface area contributed by atoms with Gasteiger partial charge in [-0.3, -0.25) is 19.1 Å². The summed E-state index contributed by atoms with van der Waals surface area (Å²) in [4.78, 5) is 44.5. The molecule has 55 heavy (non-hydrogen) atoms. The molecule has 0 unspecified atom stereocenters. The number of hydrogen-bond donors (Lipinski definition) is 3. The van der Waals surface area contributed by atoms with Crippen molar-refractivity contribution in [1.82, 2.24) is 15.2 Å². The van der Waals surface area contributed by atoms with Crippen molar-refractivity contribution in [2.45, 2.75) is 40.0 Å². The number of benzene rings is 3. The maximum absolute atomic E-state index is 15.4. The number of ether oxygens (including phenoxy) is 3. The number of aromatic nitrogens is 1. The quantitative estimate of drug-likeness (QED) is 0.0487. The van der Waals surface area contributed by atoms with Gasteiger partial charge in [0.2, 0.25) is 11.8 Å². The largest absolute Gasteiger partial charge is 0.493 e. The second-order valence-electron chi connectivity index (χ2n) is 12.5. The van der Waals surface area contributed by atoms with Crippen molar-refractivity contribution < 1.29 is 51.0 Å². The Bertz CT molecular complexity index is 2040. The average molecular weight is 784 g/mol. The Hall–Kier alpha value is -5.31. The number of carbonyl (C=O) groups is 3. The summed E-state index contributed by atoms with van der Waals surface area (Å²) >= 11 is 0. The van der Waals surface area contributed by atoms with Gasteiger partial charge in [-0.1, -0.05) is 0 Å². The van der Waals surface area contributed by atoms with Crippen LogP contribution in [0.2, 0.25) is 0 Å². The number of urea groups is 1. The van der Waals surface area contributed by atoms with Crippen LogP contribution in [-0.4, -0.2) is 74.0 Å². The van der Waals surface area contributed by atoms with E-state index in [0.717, 1.165) is 6.07 Å². The fourth-order valence-electron chi connectivity index (χ4n) is 5.64. The molecular formula is C38H44F2N5O9P. The standard InChI is InChI=1S/C38H44F2N5O9P/c1-5-41-37(48)45(24-55(49,52-6-2)53-7-3)19-8-20-51-34-23-30-28(22-33(34)50-4)31(15-18-42-30)54-32-14-13-27(21-29(32)40)44-36(47)38(16-17-38)35(46)43-26-11-9-25(39)10-12-26/h9-15,18,21-23H,5-8,16-17,19-20,24H2,1-4H3,(H,41,48)(H,43,46)(H,44,47). The summed E-state index contributed by atoms with van der Waals surface area (Å²) in [6.07, 6.45) is 2.26. The molecule has 4 aromatic rings. The molecule has 0 bridgehead atoms. The van der Waals surface area contributed by atoms with Gasteiger partial charge in [-0.15, -0.1) is 0 Å². The first-order valence-corrected chi connectivity index (χ1v) is 19.5. The zero-order valence-corrected chi connectivity index (χ0v) is 31.9. The monoisotopic (exact) mass is 783 g/mol. The highest BCUT2D eigenvalue weighted by Crippen LogP contribution is 2.49. The lowest BCUT2D eigenvalue weighted by Crippen LogP contribution is -2.41. The highest BCUT2D eigenvalue weighted by atomic mass is 31.2. The summed E-state index contributed by atoms with van der Waals surface area (Å²) < 4.78 is 70.1. The molecule has 3 N–H and O–H groups in total. The van der Waals surface area contributed by atoms with E-state index in [4.69, 9.17) is 23.3 Å². The SMILES string of the molecule is CCNC(=O)N(CCCOc1cc2nccc(Oc3ccc(NC(=O)C4(C(=O)Nc5ccc(F)cc5)CC4)cc3F)c2cc1OC)CP(=O)(OCC)OCC. The van der Waals surface area contributed by atoms with Crippen molar-refractivity contribution in [2.24, 2.45) is 5.41 Å². The second kappa shape index (κ2) is 18.3. The van der Waals surface area contributed by atoms with E-state index < -0.39 is 42.5 Å². The number of amides is 4. The van der Waals surface area contributed by atoms with Crippen LogP contribution in [0, 0.1) is 17.0 Å². The first-order chi connectivity index (χ1) is 26.4. The fourth-order valence-corrected chi connectivity index (χ4v) is 7.36. The number of carbonyl (C=O) groups excluding carboxylic acids is 3. The van der Waals surface area contributed by atoms with Crippen LogP contribution in [-0.2, 0) is 23.2 Å². The van der Waals surface area contributed by atoms with Crippen molar-refractivity contribution in [1.29, 1.82) is 0 Å². The smallest absolute Gasteiger partial charge is 0.349 e. The summed E-state index contributed by atoms with van der Waals surface area (Å²) in [5.41, 5.74) is -0.371. The van der Waals surface area contributed by atoms with E-state index in [0.29, 0.717) is 53.9 Å². The number of nitrogens with zero attached hydrogens (tertiary/aromatic N) is 2. The molecule has 0 radical (unpaired) electrons. The normalized spacial score (nSPS) is 13.1. The molecule has 4 amide bonds. The average Bonchev–Trinajstić information content (AvgIpc) is 3.98. The molecule has 3 aromatic carbocycles. The fraction of sp³-hybridized carbons (Fsp3) is 0.368. The van der Waals surface area contributed by atoms with Gasteiger partial charge in [0.25, 0.3) is 0 Å². The topological polar surface area (TPSA) is 167 Å². The molecule has 0 saturated heterocycles. The number of methoxy groups -OCH3 is 1. The Morgan fingerprint density at radius 1 is 0.855 bits per heavy atom. The summed E-state index contributed by atoms with van der Waals surface area (Å²) in [6.45, 7) is 6.25. The van der Waals surface area contributed by atoms with Crippen molar-refractivity contribution >= 4 is 47.7 Å². The lowest BCUT2D eigenvalue weighted by molar-refractivity contribution is -0.131. The Morgan fingerprint density at radius 3 is 2.15 bits per heavy atom. The number of anilines is 2. The lowest BCUT2D eigenvalue weighted by atomic mass is 10.0. The molecule has 0 aliphatic heterocycles. The Morgan fingerprint density at radius 2 is 1.53 bits per heavy atom. The molecule has 0 atom stereocenters. The van der Waals surface area contributed by atoms with Gasteiger partial charge in [0, 0.05) is 48.2 Å². The summed E-state index contributed by atoms with van der Waals surface area (Å²) in [6, 6.07) is 13.6. The molecular weight excluding hydrogens is 739 g/mol. The van der Waals surface area contributed by atoms with Crippen LogP contribution in [0.3, 0.4) is 0 Å². The van der Waals surface area contributed by atoms with Gasteiger partial charge in [-0.2, -0.15) is 0 Å². The van der Waals surface area contributed by atoms with E-state index in [1.165, 1.54) is 54.6 Å². The molecule has 294 valence electrons. The first kappa shape index (κ1) is 40.9.